The van der Waals surface area contributed by atoms with Crippen LogP contribution in [0.4, 0.5) is 10.5 Å². The number of carbonyl (C=O) groups is 2. The van der Waals surface area contributed by atoms with E-state index in [1.807, 2.05) is 30.3 Å². The molecule has 0 unspecified atom stereocenters. The number of carbonyl (C=O) groups excluding carboxylic acids is 2. The van der Waals surface area contributed by atoms with E-state index in [2.05, 4.69) is 16.0 Å². The number of benzene rings is 2. The first-order chi connectivity index (χ1) is 11.6. The molecule has 0 aliphatic carbocycles. The Hall–Kier alpha value is -2.73. The summed E-state index contributed by atoms with van der Waals surface area (Å²) in [6, 6.07) is 13.9. The third kappa shape index (κ3) is 5.48. The van der Waals surface area contributed by atoms with Gasteiger partial charge in [-0.2, -0.15) is 0 Å². The van der Waals surface area contributed by atoms with Crippen molar-refractivity contribution in [1.29, 1.82) is 0 Å². The Morgan fingerprint density at radius 3 is 2.54 bits per heavy atom. The Bertz CT molecular complexity index is 707. The molecule has 2 aromatic rings. The summed E-state index contributed by atoms with van der Waals surface area (Å²) in [5.74, 6) is 0.103. The molecule has 2 aromatic carbocycles. The topological polar surface area (TPSA) is 79.5 Å². The minimum absolute atomic E-state index is 0.170. The average molecular weight is 348 g/mol. The first-order valence-electron chi connectivity index (χ1n) is 7.27. The zero-order valence-electron chi connectivity index (χ0n) is 13.1. The number of ether oxygens (including phenoxy) is 1. The van der Waals surface area contributed by atoms with Crippen molar-refractivity contribution in [2.24, 2.45) is 0 Å². The van der Waals surface area contributed by atoms with Crippen LogP contribution in [0, 0.1) is 0 Å². The molecule has 0 bridgehead atoms. The van der Waals surface area contributed by atoms with Gasteiger partial charge in [-0.3, -0.25) is 4.79 Å². The maximum absolute atomic E-state index is 11.9. The standard InChI is InChI=1S/C17H18ClN3O3/c1-24-15-8-7-13(18)9-14(15)21-16(22)11-20-17(23)19-10-12-5-3-2-4-6-12/h2-9H,10-11H2,1H3,(H,21,22)(H2,19,20,23). The van der Waals surface area contributed by atoms with E-state index in [1.54, 1.807) is 18.2 Å². The molecule has 0 heterocycles. The number of nitrogens with one attached hydrogen (secondary N) is 3. The van der Waals surface area contributed by atoms with E-state index < -0.39 is 6.03 Å². The van der Waals surface area contributed by atoms with E-state index in [9.17, 15) is 9.59 Å². The third-order valence-corrected chi connectivity index (χ3v) is 3.38. The van der Waals surface area contributed by atoms with E-state index in [0.717, 1.165) is 5.56 Å². The van der Waals surface area contributed by atoms with Crippen molar-refractivity contribution < 1.29 is 14.3 Å². The Morgan fingerprint density at radius 2 is 1.83 bits per heavy atom. The third-order valence-electron chi connectivity index (χ3n) is 3.14. The second kappa shape index (κ2) is 8.79. The molecule has 24 heavy (non-hydrogen) atoms. The van der Waals surface area contributed by atoms with Gasteiger partial charge < -0.3 is 20.7 Å². The van der Waals surface area contributed by atoms with Crippen molar-refractivity contribution in [3.05, 3.63) is 59.1 Å². The van der Waals surface area contributed by atoms with Crippen LogP contribution in [0.3, 0.4) is 0 Å². The molecule has 0 atom stereocenters. The maximum Gasteiger partial charge on any atom is 0.315 e. The van der Waals surface area contributed by atoms with Crippen molar-refractivity contribution in [1.82, 2.24) is 10.6 Å². The fourth-order valence-corrected chi connectivity index (χ4v) is 2.15. The highest BCUT2D eigenvalue weighted by Gasteiger charge is 2.09. The minimum atomic E-state index is -0.424. The molecule has 0 aliphatic heterocycles. The molecular formula is C17H18ClN3O3. The number of urea groups is 1. The highest BCUT2D eigenvalue weighted by molar-refractivity contribution is 6.31. The molecular weight excluding hydrogens is 330 g/mol. The molecule has 0 aliphatic rings. The van der Waals surface area contributed by atoms with Gasteiger partial charge in [-0.25, -0.2) is 4.79 Å². The Balaban J connectivity index is 1.78. The number of methoxy groups -OCH3 is 1. The predicted molar refractivity (Wildman–Crippen MR) is 93.3 cm³/mol. The van der Waals surface area contributed by atoms with Gasteiger partial charge in [0.25, 0.3) is 0 Å². The number of hydrogen-bond acceptors (Lipinski definition) is 3. The molecule has 0 fully saturated rings. The molecule has 0 spiro atoms. The summed E-state index contributed by atoms with van der Waals surface area (Å²) in [7, 11) is 1.49. The van der Waals surface area contributed by atoms with Crippen molar-refractivity contribution in [2.45, 2.75) is 6.54 Å². The van der Waals surface area contributed by atoms with Gasteiger partial charge in [0.1, 0.15) is 5.75 Å². The van der Waals surface area contributed by atoms with E-state index in [-0.39, 0.29) is 12.5 Å². The normalized spacial score (nSPS) is 9.92. The lowest BCUT2D eigenvalue weighted by Crippen LogP contribution is -2.39. The van der Waals surface area contributed by atoms with Gasteiger partial charge >= 0.3 is 6.03 Å². The van der Waals surface area contributed by atoms with Gasteiger partial charge in [-0.1, -0.05) is 41.9 Å². The number of amides is 3. The zero-order chi connectivity index (χ0) is 17.4. The lowest BCUT2D eigenvalue weighted by Gasteiger charge is -2.11. The summed E-state index contributed by atoms with van der Waals surface area (Å²) in [5, 5.41) is 8.28. The van der Waals surface area contributed by atoms with Crippen LogP contribution in [0.25, 0.3) is 0 Å². The SMILES string of the molecule is COc1ccc(Cl)cc1NC(=O)CNC(=O)NCc1ccccc1. The van der Waals surface area contributed by atoms with Gasteiger partial charge in [0.2, 0.25) is 5.91 Å². The quantitative estimate of drug-likeness (QED) is 0.751. The number of halogens is 1. The lowest BCUT2D eigenvalue weighted by atomic mass is 10.2. The zero-order valence-corrected chi connectivity index (χ0v) is 13.9. The summed E-state index contributed by atoms with van der Waals surface area (Å²) in [4.78, 5) is 23.6. The molecule has 0 saturated carbocycles. The van der Waals surface area contributed by atoms with Crippen LogP contribution in [0.2, 0.25) is 5.02 Å². The van der Waals surface area contributed by atoms with E-state index in [1.165, 1.54) is 7.11 Å². The summed E-state index contributed by atoms with van der Waals surface area (Å²) < 4.78 is 5.14. The van der Waals surface area contributed by atoms with Crippen molar-refractivity contribution >= 4 is 29.2 Å². The van der Waals surface area contributed by atoms with E-state index in [0.29, 0.717) is 23.0 Å². The Labute approximate surface area is 145 Å². The van der Waals surface area contributed by atoms with Crippen LogP contribution < -0.4 is 20.7 Å². The molecule has 6 nitrogen and oxygen atoms in total. The van der Waals surface area contributed by atoms with Crippen LogP contribution in [0.15, 0.2) is 48.5 Å². The van der Waals surface area contributed by atoms with Gasteiger partial charge in [0, 0.05) is 11.6 Å². The highest BCUT2D eigenvalue weighted by Crippen LogP contribution is 2.27. The molecule has 3 N–H and O–H groups in total. The summed E-state index contributed by atoms with van der Waals surface area (Å²) in [6.45, 7) is 0.215. The summed E-state index contributed by atoms with van der Waals surface area (Å²) in [5.41, 5.74) is 1.42. The number of anilines is 1. The molecule has 3 amide bonds. The second-order valence-corrected chi connectivity index (χ2v) is 5.35. The fourth-order valence-electron chi connectivity index (χ4n) is 1.97. The van der Waals surface area contributed by atoms with Gasteiger partial charge in [-0.15, -0.1) is 0 Å². The first kappa shape index (κ1) is 17.6. The van der Waals surface area contributed by atoms with Crippen LogP contribution in [-0.2, 0) is 11.3 Å². The number of rotatable bonds is 6. The minimum Gasteiger partial charge on any atom is -0.495 e. The highest BCUT2D eigenvalue weighted by atomic mass is 35.5. The van der Waals surface area contributed by atoms with Crippen LogP contribution >= 0.6 is 11.6 Å². The molecule has 0 radical (unpaired) electrons. The number of hydrogen-bond donors (Lipinski definition) is 3. The van der Waals surface area contributed by atoms with Gasteiger partial charge in [0.05, 0.1) is 19.3 Å². The molecule has 0 saturated heterocycles. The Morgan fingerprint density at radius 1 is 1.08 bits per heavy atom. The van der Waals surface area contributed by atoms with Crippen LogP contribution in [0.1, 0.15) is 5.56 Å². The second-order valence-electron chi connectivity index (χ2n) is 4.91. The Kier molecular flexibility index (Phi) is 6.45. The average Bonchev–Trinajstić information content (AvgIpc) is 2.59. The maximum atomic E-state index is 11.9. The van der Waals surface area contributed by atoms with Gasteiger partial charge in [-0.05, 0) is 23.8 Å². The van der Waals surface area contributed by atoms with Crippen LogP contribution in [-0.4, -0.2) is 25.6 Å². The summed E-state index contributed by atoms with van der Waals surface area (Å²) >= 11 is 5.90. The van der Waals surface area contributed by atoms with Crippen LogP contribution in [0.5, 0.6) is 5.75 Å². The molecule has 2 rings (SSSR count). The summed E-state index contributed by atoms with van der Waals surface area (Å²) in [6.07, 6.45) is 0. The molecule has 126 valence electrons. The monoisotopic (exact) mass is 347 g/mol. The molecule has 0 aromatic heterocycles. The van der Waals surface area contributed by atoms with Crippen molar-refractivity contribution in [3.63, 3.8) is 0 Å². The lowest BCUT2D eigenvalue weighted by molar-refractivity contribution is -0.115. The largest absolute Gasteiger partial charge is 0.495 e. The van der Waals surface area contributed by atoms with E-state index >= 15 is 0 Å². The van der Waals surface area contributed by atoms with Crippen molar-refractivity contribution in [2.75, 3.05) is 19.0 Å². The molecule has 7 heteroatoms. The van der Waals surface area contributed by atoms with Gasteiger partial charge in [0.15, 0.2) is 0 Å². The smallest absolute Gasteiger partial charge is 0.315 e. The fraction of sp³-hybridized carbons (Fsp3) is 0.176. The predicted octanol–water partition coefficient (Wildman–Crippen LogP) is 2.79. The van der Waals surface area contributed by atoms with Crippen molar-refractivity contribution in [3.8, 4) is 5.75 Å². The van der Waals surface area contributed by atoms with E-state index in [4.69, 9.17) is 16.3 Å². The first-order valence-corrected chi connectivity index (χ1v) is 7.65.